The number of hydrogen-bond donors (Lipinski definition) is 2. The fraction of sp³-hybridized carbons (Fsp3) is 0.167. The minimum absolute atomic E-state index is 0.169. The van der Waals surface area contributed by atoms with Crippen LogP contribution in [0.5, 0.6) is 0 Å². The van der Waals surface area contributed by atoms with Crippen molar-refractivity contribution in [3.8, 4) is 11.3 Å². The molecule has 0 spiro atoms. The van der Waals surface area contributed by atoms with Crippen LogP contribution in [0.4, 0.5) is 5.69 Å². The van der Waals surface area contributed by atoms with Gasteiger partial charge in [-0.3, -0.25) is 14.0 Å². The molecule has 0 atom stereocenters. The molecule has 2 aromatic heterocycles. The lowest BCUT2D eigenvalue weighted by Gasteiger charge is -2.20. The largest absolute Gasteiger partial charge is 0.347 e. The van der Waals surface area contributed by atoms with Gasteiger partial charge in [0.05, 0.1) is 5.69 Å². The van der Waals surface area contributed by atoms with Crippen molar-refractivity contribution in [3.63, 3.8) is 0 Å². The zero-order valence-electron chi connectivity index (χ0n) is 17.6. The SMILES string of the molecule is CC(C)(C)NC(=O)c1ccc(C(=O)Nc2ccc(-c3cn4cccnc4n3)cc2)cc1. The Morgan fingerprint density at radius 3 is 2.16 bits per heavy atom. The second-order valence-electron chi connectivity index (χ2n) is 8.27. The second kappa shape index (κ2) is 8.02. The van der Waals surface area contributed by atoms with Gasteiger partial charge in [-0.1, -0.05) is 12.1 Å². The van der Waals surface area contributed by atoms with Crippen molar-refractivity contribution >= 4 is 23.3 Å². The molecule has 0 bridgehead atoms. The van der Waals surface area contributed by atoms with E-state index in [-0.39, 0.29) is 17.4 Å². The minimum Gasteiger partial charge on any atom is -0.347 e. The van der Waals surface area contributed by atoms with Crippen molar-refractivity contribution < 1.29 is 9.59 Å². The van der Waals surface area contributed by atoms with E-state index in [4.69, 9.17) is 0 Å². The molecule has 0 fully saturated rings. The van der Waals surface area contributed by atoms with Crippen LogP contribution >= 0.6 is 0 Å². The molecule has 2 amide bonds. The molecule has 2 aromatic carbocycles. The lowest BCUT2D eigenvalue weighted by Crippen LogP contribution is -2.40. The van der Waals surface area contributed by atoms with Crippen molar-refractivity contribution in [1.82, 2.24) is 19.7 Å². The Morgan fingerprint density at radius 2 is 1.55 bits per heavy atom. The van der Waals surface area contributed by atoms with Crippen molar-refractivity contribution in [1.29, 1.82) is 0 Å². The molecule has 2 N–H and O–H groups in total. The number of nitrogens with one attached hydrogen (secondary N) is 2. The maximum atomic E-state index is 12.6. The van der Waals surface area contributed by atoms with E-state index < -0.39 is 0 Å². The maximum Gasteiger partial charge on any atom is 0.255 e. The number of imidazole rings is 1. The molecule has 4 aromatic rings. The Labute approximate surface area is 180 Å². The summed E-state index contributed by atoms with van der Waals surface area (Å²) in [5.74, 6) is 0.221. The summed E-state index contributed by atoms with van der Waals surface area (Å²) in [5.41, 5.74) is 3.07. The van der Waals surface area contributed by atoms with Gasteiger partial charge in [0.15, 0.2) is 0 Å². The summed E-state index contributed by atoms with van der Waals surface area (Å²) in [5, 5.41) is 5.77. The highest BCUT2D eigenvalue weighted by Gasteiger charge is 2.16. The van der Waals surface area contributed by atoms with E-state index in [0.29, 0.717) is 22.6 Å². The molecule has 0 saturated heterocycles. The summed E-state index contributed by atoms with van der Waals surface area (Å²) in [6.45, 7) is 5.76. The van der Waals surface area contributed by atoms with Gasteiger partial charge in [-0.25, -0.2) is 9.97 Å². The van der Waals surface area contributed by atoms with Gasteiger partial charge in [-0.15, -0.1) is 0 Å². The average Bonchev–Trinajstić information content (AvgIpc) is 3.17. The molecule has 0 radical (unpaired) electrons. The molecule has 0 unspecified atom stereocenters. The molecule has 2 heterocycles. The van der Waals surface area contributed by atoms with Crippen LogP contribution in [0.25, 0.3) is 17.0 Å². The molecule has 0 aliphatic heterocycles. The van der Waals surface area contributed by atoms with Gasteiger partial charge in [-0.05, 0) is 63.2 Å². The van der Waals surface area contributed by atoms with Gasteiger partial charge in [0.1, 0.15) is 0 Å². The van der Waals surface area contributed by atoms with Crippen LogP contribution < -0.4 is 10.6 Å². The van der Waals surface area contributed by atoms with E-state index in [0.717, 1.165) is 11.3 Å². The van der Waals surface area contributed by atoms with Crippen molar-refractivity contribution in [2.75, 3.05) is 5.32 Å². The number of nitrogens with zero attached hydrogens (tertiary/aromatic N) is 3. The third-order valence-electron chi connectivity index (χ3n) is 4.57. The van der Waals surface area contributed by atoms with E-state index in [2.05, 4.69) is 20.6 Å². The van der Waals surface area contributed by atoms with Gasteiger partial charge >= 0.3 is 0 Å². The Balaban J connectivity index is 1.43. The predicted octanol–water partition coefficient (Wildman–Crippen LogP) is 4.18. The van der Waals surface area contributed by atoms with Crippen LogP contribution in [0.3, 0.4) is 0 Å². The Morgan fingerprint density at radius 1 is 0.903 bits per heavy atom. The minimum atomic E-state index is -0.320. The van der Waals surface area contributed by atoms with Crippen LogP contribution in [-0.2, 0) is 0 Å². The van der Waals surface area contributed by atoms with E-state index >= 15 is 0 Å². The summed E-state index contributed by atoms with van der Waals surface area (Å²) in [6, 6.07) is 15.9. The van der Waals surface area contributed by atoms with Crippen LogP contribution in [-0.4, -0.2) is 31.7 Å². The van der Waals surface area contributed by atoms with Crippen LogP contribution in [0.1, 0.15) is 41.5 Å². The summed E-state index contributed by atoms with van der Waals surface area (Å²) >= 11 is 0. The summed E-state index contributed by atoms with van der Waals surface area (Å²) in [6.07, 6.45) is 5.51. The summed E-state index contributed by atoms with van der Waals surface area (Å²) < 4.78 is 1.86. The predicted molar refractivity (Wildman–Crippen MR) is 120 cm³/mol. The third kappa shape index (κ3) is 4.78. The molecule has 0 aliphatic rings. The number of hydrogen-bond acceptors (Lipinski definition) is 4. The quantitative estimate of drug-likeness (QED) is 0.525. The van der Waals surface area contributed by atoms with Crippen LogP contribution in [0.2, 0.25) is 0 Å². The first-order chi connectivity index (χ1) is 14.8. The number of carbonyl (C=O) groups is 2. The average molecular weight is 413 g/mol. The van der Waals surface area contributed by atoms with Crippen LogP contribution in [0.15, 0.2) is 73.2 Å². The lowest BCUT2D eigenvalue weighted by atomic mass is 10.1. The van der Waals surface area contributed by atoms with Gasteiger partial charge < -0.3 is 10.6 Å². The van der Waals surface area contributed by atoms with Gasteiger partial charge in [0, 0.05) is 46.5 Å². The molecule has 0 aliphatic carbocycles. The van der Waals surface area contributed by atoms with Crippen molar-refractivity contribution in [3.05, 3.63) is 84.3 Å². The Hall–Kier alpha value is -4.00. The first kappa shape index (κ1) is 20.3. The highest BCUT2D eigenvalue weighted by atomic mass is 16.2. The topological polar surface area (TPSA) is 88.4 Å². The fourth-order valence-electron chi connectivity index (χ4n) is 3.08. The molecule has 4 rings (SSSR count). The summed E-state index contributed by atoms with van der Waals surface area (Å²) in [4.78, 5) is 33.5. The first-order valence-electron chi connectivity index (χ1n) is 9.93. The van der Waals surface area contributed by atoms with E-state index in [9.17, 15) is 9.59 Å². The molecule has 7 heteroatoms. The van der Waals surface area contributed by atoms with Crippen molar-refractivity contribution in [2.45, 2.75) is 26.3 Å². The van der Waals surface area contributed by atoms with Gasteiger partial charge in [0.2, 0.25) is 5.78 Å². The Bertz CT molecular complexity index is 1200. The highest BCUT2D eigenvalue weighted by Crippen LogP contribution is 2.21. The normalized spacial score (nSPS) is 11.3. The van der Waals surface area contributed by atoms with E-state index in [1.807, 2.05) is 67.9 Å². The second-order valence-corrected chi connectivity index (χ2v) is 8.27. The molecule has 0 saturated carbocycles. The molecule has 7 nitrogen and oxygen atoms in total. The number of rotatable bonds is 4. The number of fused-ring (bicyclic) bond motifs is 1. The molecule has 31 heavy (non-hydrogen) atoms. The zero-order valence-corrected chi connectivity index (χ0v) is 17.6. The summed E-state index contributed by atoms with van der Waals surface area (Å²) in [7, 11) is 0. The first-order valence-corrected chi connectivity index (χ1v) is 9.93. The fourth-order valence-corrected chi connectivity index (χ4v) is 3.08. The number of anilines is 1. The third-order valence-corrected chi connectivity index (χ3v) is 4.57. The zero-order chi connectivity index (χ0) is 22.0. The molecular formula is C24H23N5O2. The smallest absolute Gasteiger partial charge is 0.255 e. The monoisotopic (exact) mass is 413 g/mol. The number of carbonyl (C=O) groups excluding carboxylic acids is 2. The van der Waals surface area contributed by atoms with Crippen molar-refractivity contribution in [2.24, 2.45) is 0 Å². The standard InChI is InChI=1S/C24H23N5O2/c1-24(2,3)28-22(31)18-7-5-17(6-8-18)21(30)26-19-11-9-16(10-12-19)20-15-29-14-4-13-25-23(29)27-20/h4-15H,1-3H3,(H,26,30)(H,28,31). The molecular weight excluding hydrogens is 390 g/mol. The molecule has 156 valence electrons. The number of aromatic nitrogens is 3. The van der Waals surface area contributed by atoms with Gasteiger partial charge in [-0.2, -0.15) is 0 Å². The van der Waals surface area contributed by atoms with E-state index in [1.165, 1.54) is 0 Å². The van der Waals surface area contributed by atoms with Gasteiger partial charge in [0.25, 0.3) is 11.8 Å². The Kier molecular flexibility index (Phi) is 5.25. The maximum absolute atomic E-state index is 12.6. The van der Waals surface area contributed by atoms with Crippen LogP contribution in [0, 0.1) is 0 Å². The number of amides is 2. The van der Waals surface area contributed by atoms with E-state index in [1.54, 1.807) is 30.5 Å². The lowest BCUT2D eigenvalue weighted by molar-refractivity contribution is 0.0918. The number of benzene rings is 2. The highest BCUT2D eigenvalue weighted by molar-refractivity contribution is 6.05.